The zero-order chi connectivity index (χ0) is 15.4. The van der Waals surface area contributed by atoms with Crippen LogP contribution in [0.25, 0.3) is 10.7 Å². The molecule has 0 bridgehead atoms. The van der Waals surface area contributed by atoms with Gasteiger partial charge in [-0.15, -0.1) is 21.5 Å². The molecule has 0 fully saturated rings. The third kappa shape index (κ3) is 3.37. The molecule has 2 heterocycles. The van der Waals surface area contributed by atoms with Crippen LogP contribution in [-0.2, 0) is 11.3 Å². The highest BCUT2D eigenvalue weighted by molar-refractivity contribution is 7.13. The van der Waals surface area contributed by atoms with Gasteiger partial charge in [-0.2, -0.15) is 4.80 Å². The highest BCUT2D eigenvalue weighted by Gasteiger charge is 2.12. The van der Waals surface area contributed by atoms with Crippen molar-refractivity contribution in [3.05, 3.63) is 53.4 Å². The minimum atomic E-state index is -0.147. The van der Waals surface area contributed by atoms with Crippen molar-refractivity contribution in [3.8, 4) is 10.7 Å². The number of carbonyl (C=O) groups excluding carboxylic acids is 1. The number of nitrogens with one attached hydrogen (secondary N) is 1. The average Bonchev–Trinajstić information content (AvgIpc) is 3.19. The fourth-order valence-electron chi connectivity index (χ4n) is 2.06. The Bertz CT molecular complexity index is 738. The van der Waals surface area contributed by atoms with Gasteiger partial charge in [0.25, 0.3) is 0 Å². The quantitative estimate of drug-likeness (QED) is 0.784. The number of thiophene rings is 1. The summed E-state index contributed by atoms with van der Waals surface area (Å²) < 4.78 is 0. The Morgan fingerprint density at radius 1 is 1.27 bits per heavy atom. The lowest BCUT2D eigenvalue weighted by Gasteiger charge is -2.13. The number of carbonyl (C=O) groups is 1. The normalized spacial score (nSPS) is 12.0. The third-order valence-corrected chi connectivity index (χ3v) is 4.02. The van der Waals surface area contributed by atoms with Crippen LogP contribution in [0.1, 0.15) is 18.5 Å². The van der Waals surface area contributed by atoms with E-state index < -0.39 is 0 Å². The molecule has 0 aliphatic carbocycles. The lowest BCUT2D eigenvalue weighted by atomic mass is 10.1. The zero-order valence-electron chi connectivity index (χ0n) is 12.0. The number of hydrogen-bond donors (Lipinski definition) is 1. The fourth-order valence-corrected chi connectivity index (χ4v) is 2.70. The van der Waals surface area contributed by atoms with E-state index >= 15 is 0 Å². The number of amides is 1. The van der Waals surface area contributed by atoms with Crippen LogP contribution in [0, 0.1) is 0 Å². The van der Waals surface area contributed by atoms with Gasteiger partial charge in [-0.25, -0.2) is 0 Å². The van der Waals surface area contributed by atoms with E-state index in [2.05, 4.69) is 20.7 Å². The number of nitrogens with zero attached hydrogens (tertiary/aromatic N) is 4. The van der Waals surface area contributed by atoms with Gasteiger partial charge in [-0.3, -0.25) is 4.79 Å². The first-order valence-corrected chi connectivity index (χ1v) is 7.76. The van der Waals surface area contributed by atoms with Crippen molar-refractivity contribution in [2.75, 3.05) is 0 Å². The van der Waals surface area contributed by atoms with Crippen LogP contribution in [0.15, 0.2) is 47.8 Å². The first kappa shape index (κ1) is 14.4. The van der Waals surface area contributed by atoms with Gasteiger partial charge in [0, 0.05) is 0 Å². The van der Waals surface area contributed by atoms with Gasteiger partial charge in [-0.05, 0) is 29.1 Å². The Morgan fingerprint density at radius 2 is 2.09 bits per heavy atom. The topological polar surface area (TPSA) is 72.7 Å². The van der Waals surface area contributed by atoms with E-state index in [0.717, 1.165) is 10.4 Å². The predicted octanol–water partition coefficient (Wildman–Crippen LogP) is 2.28. The Morgan fingerprint density at radius 3 is 2.82 bits per heavy atom. The number of aromatic nitrogens is 4. The highest BCUT2D eigenvalue weighted by Crippen LogP contribution is 2.19. The molecule has 0 aliphatic heterocycles. The summed E-state index contributed by atoms with van der Waals surface area (Å²) >= 11 is 1.54. The molecule has 6 nitrogen and oxygen atoms in total. The van der Waals surface area contributed by atoms with E-state index in [4.69, 9.17) is 0 Å². The van der Waals surface area contributed by atoms with Gasteiger partial charge < -0.3 is 5.32 Å². The van der Waals surface area contributed by atoms with Crippen molar-refractivity contribution < 1.29 is 4.79 Å². The molecule has 1 unspecified atom stereocenters. The minimum absolute atomic E-state index is 0.0511. The number of tetrazole rings is 1. The summed E-state index contributed by atoms with van der Waals surface area (Å²) in [5.74, 6) is 0.394. The predicted molar refractivity (Wildman–Crippen MR) is 84.1 cm³/mol. The maximum Gasteiger partial charge on any atom is 0.244 e. The number of rotatable bonds is 5. The van der Waals surface area contributed by atoms with Gasteiger partial charge in [0.2, 0.25) is 11.7 Å². The van der Waals surface area contributed by atoms with Crippen LogP contribution in [0.4, 0.5) is 0 Å². The van der Waals surface area contributed by atoms with Crippen molar-refractivity contribution in [1.82, 2.24) is 25.5 Å². The standard InChI is InChI=1S/C15H15N5OS/c1-11(12-6-3-2-4-7-12)16-14(21)10-20-18-15(17-19-20)13-8-5-9-22-13/h2-9,11H,10H2,1H3,(H,16,21). The molecule has 1 amide bonds. The minimum Gasteiger partial charge on any atom is -0.348 e. The molecule has 1 aromatic carbocycles. The molecule has 0 saturated carbocycles. The fraction of sp³-hybridized carbons (Fsp3) is 0.200. The second-order valence-electron chi connectivity index (χ2n) is 4.82. The summed E-state index contributed by atoms with van der Waals surface area (Å²) in [5, 5.41) is 17.0. The molecular weight excluding hydrogens is 298 g/mol. The van der Waals surface area contributed by atoms with Crippen molar-refractivity contribution in [3.63, 3.8) is 0 Å². The summed E-state index contributed by atoms with van der Waals surface area (Å²) in [6.07, 6.45) is 0. The van der Waals surface area contributed by atoms with Crippen LogP contribution in [0.2, 0.25) is 0 Å². The summed E-state index contributed by atoms with van der Waals surface area (Å²) in [4.78, 5) is 14.3. The van der Waals surface area contributed by atoms with Crippen molar-refractivity contribution in [2.45, 2.75) is 19.5 Å². The number of hydrogen-bond acceptors (Lipinski definition) is 5. The molecule has 22 heavy (non-hydrogen) atoms. The van der Waals surface area contributed by atoms with E-state index in [-0.39, 0.29) is 18.5 Å². The molecule has 0 saturated heterocycles. The van der Waals surface area contributed by atoms with Gasteiger partial charge in [0.15, 0.2) is 0 Å². The second-order valence-corrected chi connectivity index (χ2v) is 5.77. The maximum atomic E-state index is 12.1. The average molecular weight is 313 g/mol. The van der Waals surface area contributed by atoms with E-state index in [0.29, 0.717) is 5.82 Å². The molecular formula is C15H15N5OS. The molecule has 0 radical (unpaired) electrons. The largest absolute Gasteiger partial charge is 0.348 e. The van der Waals surface area contributed by atoms with Crippen LogP contribution in [-0.4, -0.2) is 26.1 Å². The van der Waals surface area contributed by atoms with Gasteiger partial charge in [-0.1, -0.05) is 36.4 Å². The van der Waals surface area contributed by atoms with Crippen LogP contribution < -0.4 is 5.32 Å². The summed E-state index contributed by atoms with van der Waals surface area (Å²) in [6, 6.07) is 13.6. The van der Waals surface area contributed by atoms with E-state index in [9.17, 15) is 4.79 Å². The Labute approximate surface area is 131 Å². The molecule has 3 rings (SSSR count). The Hall–Kier alpha value is -2.54. The smallest absolute Gasteiger partial charge is 0.244 e. The SMILES string of the molecule is CC(NC(=O)Cn1nnc(-c2cccs2)n1)c1ccccc1. The Balaban J connectivity index is 1.60. The molecule has 1 atom stereocenters. The summed E-state index contributed by atoms with van der Waals surface area (Å²) in [6.45, 7) is 1.99. The van der Waals surface area contributed by atoms with Crippen LogP contribution in [0.3, 0.4) is 0 Å². The molecule has 7 heteroatoms. The van der Waals surface area contributed by atoms with Crippen molar-refractivity contribution in [1.29, 1.82) is 0 Å². The van der Waals surface area contributed by atoms with Gasteiger partial charge in [0.05, 0.1) is 10.9 Å². The molecule has 112 valence electrons. The summed E-state index contributed by atoms with van der Waals surface area (Å²) in [7, 11) is 0. The molecule has 2 aromatic heterocycles. The monoisotopic (exact) mass is 313 g/mol. The summed E-state index contributed by atoms with van der Waals surface area (Å²) in [5.41, 5.74) is 1.06. The van der Waals surface area contributed by atoms with E-state index in [1.165, 1.54) is 16.1 Å². The lowest BCUT2D eigenvalue weighted by Crippen LogP contribution is -2.30. The van der Waals surface area contributed by atoms with Crippen LogP contribution >= 0.6 is 11.3 Å². The van der Waals surface area contributed by atoms with Gasteiger partial charge >= 0.3 is 0 Å². The van der Waals surface area contributed by atoms with Crippen molar-refractivity contribution >= 4 is 17.2 Å². The first-order valence-electron chi connectivity index (χ1n) is 6.88. The van der Waals surface area contributed by atoms with Gasteiger partial charge in [0.1, 0.15) is 6.54 Å². The molecule has 1 N–H and O–H groups in total. The number of benzene rings is 1. The first-order chi connectivity index (χ1) is 10.7. The lowest BCUT2D eigenvalue weighted by molar-refractivity contribution is -0.122. The maximum absolute atomic E-state index is 12.1. The Kier molecular flexibility index (Phi) is 4.24. The highest BCUT2D eigenvalue weighted by atomic mass is 32.1. The van der Waals surface area contributed by atoms with Crippen molar-refractivity contribution in [2.24, 2.45) is 0 Å². The van der Waals surface area contributed by atoms with E-state index in [1.807, 2.05) is 54.8 Å². The van der Waals surface area contributed by atoms with Crippen LogP contribution in [0.5, 0.6) is 0 Å². The van der Waals surface area contributed by atoms with E-state index in [1.54, 1.807) is 0 Å². The molecule has 0 spiro atoms. The molecule has 3 aromatic rings. The second kappa shape index (κ2) is 6.48. The molecule has 0 aliphatic rings. The zero-order valence-corrected chi connectivity index (χ0v) is 12.8. The third-order valence-electron chi connectivity index (χ3n) is 3.16.